The number of fused-ring (bicyclic) bond motifs is 6. The lowest BCUT2D eigenvalue weighted by Crippen LogP contribution is -2.27. The highest BCUT2D eigenvalue weighted by atomic mass is 15.2. The zero-order chi connectivity index (χ0) is 28.8. The van der Waals surface area contributed by atoms with Gasteiger partial charge in [0.2, 0.25) is 5.69 Å². The van der Waals surface area contributed by atoms with E-state index >= 15 is 0 Å². The third kappa shape index (κ3) is 4.32. The quantitative estimate of drug-likeness (QED) is 0.103. The zero-order valence-corrected chi connectivity index (χ0v) is 24.9. The molecule has 2 aliphatic heterocycles. The number of nitrogens with zero attached hydrogens (tertiary/aromatic N) is 2. The third-order valence-corrected chi connectivity index (χ3v) is 9.08. The van der Waals surface area contributed by atoms with Crippen LogP contribution in [0.25, 0.3) is 21.5 Å². The molecule has 0 amide bonds. The van der Waals surface area contributed by atoms with Crippen LogP contribution in [0.15, 0.2) is 109 Å². The van der Waals surface area contributed by atoms with Crippen LogP contribution in [0, 0.1) is 12.3 Å². The molecule has 0 fully saturated rings. The Hall–Kier alpha value is -4.35. The largest absolute Gasteiger partial charge is 0.344 e. The molecular weight excluding hydrogens is 496 g/mol. The average molecular weight is 536 g/mol. The molecule has 204 valence electrons. The van der Waals surface area contributed by atoms with Gasteiger partial charge in [-0.15, -0.1) is 12.3 Å². The van der Waals surface area contributed by atoms with Crippen LogP contribution in [0.2, 0.25) is 0 Å². The Labute approximate surface area is 245 Å². The minimum atomic E-state index is -0.120. The van der Waals surface area contributed by atoms with Crippen molar-refractivity contribution in [2.24, 2.45) is 0 Å². The smallest absolute Gasteiger partial charge is 0.210 e. The lowest BCUT2D eigenvalue weighted by atomic mass is 9.79. The molecule has 2 aliphatic rings. The molecule has 0 radical (unpaired) electrons. The van der Waals surface area contributed by atoms with E-state index in [4.69, 9.17) is 6.42 Å². The van der Waals surface area contributed by atoms with Gasteiger partial charge in [0.1, 0.15) is 7.05 Å². The number of unbranched alkanes of at least 4 members (excludes halogenated alkanes) is 1. The number of terminal acetylenes is 1. The van der Waals surface area contributed by atoms with Crippen molar-refractivity contribution in [1.82, 2.24) is 0 Å². The first-order chi connectivity index (χ1) is 19.8. The van der Waals surface area contributed by atoms with Gasteiger partial charge in [0.25, 0.3) is 0 Å². The highest BCUT2D eigenvalue weighted by molar-refractivity contribution is 6.07. The van der Waals surface area contributed by atoms with Gasteiger partial charge in [0.15, 0.2) is 5.71 Å². The summed E-state index contributed by atoms with van der Waals surface area (Å²) in [7, 11) is 2.18. The van der Waals surface area contributed by atoms with E-state index in [0.717, 1.165) is 19.4 Å². The normalized spacial score (nSPS) is 18.2. The van der Waals surface area contributed by atoms with Crippen molar-refractivity contribution in [2.75, 3.05) is 18.5 Å². The number of benzene rings is 4. The Morgan fingerprint density at radius 1 is 0.780 bits per heavy atom. The molecule has 0 N–H and O–H groups in total. The highest BCUT2D eigenvalue weighted by Crippen LogP contribution is 2.51. The molecule has 2 heterocycles. The highest BCUT2D eigenvalue weighted by Gasteiger charge is 2.44. The molecule has 0 saturated heterocycles. The fourth-order valence-corrected chi connectivity index (χ4v) is 7.17. The first-order valence-corrected chi connectivity index (χ1v) is 14.7. The summed E-state index contributed by atoms with van der Waals surface area (Å²) in [5.41, 5.74) is 7.82. The second-order valence-corrected chi connectivity index (χ2v) is 12.3. The third-order valence-electron chi connectivity index (χ3n) is 9.08. The molecule has 0 saturated carbocycles. The predicted octanol–water partition coefficient (Wildman–Crippen LogP) is 9.21. The van der Waals surface area contributed by atoms with E-state index in [1.165, 1.54) is 55.5 Å². The minimum Gasteiger partial charge on any atom is -0.344 e. The van der Waals surface area contributed by atoms with Gasteiger partial charge in [0, 0.05) is 47.5 Å². The molecule has 4 aromatic carbocycles. The van der Waals surface area contributed by atoms with Gasteiger partial charge in [-0.2, -0.15) is 4.58 Å². The Bertz CT molecular complexity index is 1840. The van der Waals surface area contributed by atoms with Crippen LogP contribution in [-0.2, 0) is 10.8 Å². The molecule has 0 aromatic heterocycles. The SMILES string of the molecule is C#CCCCN1/C(=C/C=C/C=C/C2=[N+](C)c3ccc4ccccc4c3C2(C)C)C(C)(C)c2c1ccc1ccccc21. The maximum absolute atomic E-state index is 5.61. The zero-order valence-electron chi connectivity index (χ0n) is 24.9. The summed E-state index contributed by atoms with van der Waals surface area (Å²) in [5, 5.41) is 5.26. The van der Waals surface area contributed by atoms with Crippen LogP contribution >= 0.6 is 0 Å². The average Bonchev–Trinajstić information content (AvgIpc) is 3.31. The molecule has 0 spiro atoms. The summed E-state index contributed by atoms with van der Waals surface area (Å²) in [6.45, 7) is 10.3. The van der Waals surface area contributed by atoms with Gasteiger partial charge in [-0.3, -0.25) is 0 Å². The van der Waals surface area contributed by atoms with Crippen LogP contribution in [0.5, 0.6) is 0 Å². The van der Waals surface area contributed by atoms with Gasteiger partial charge < -0.3 is 4.90 Å². The van der Waals surface area contributed by atoms with Gasteiger partial charge in [-0.05, 0) is 65.6 Å². The summed E-state index contributed by atoms with van der Waals surface area (Å²) < 4.78 is 2.35. The number of allylic oxidation sites excluding steroid dienone is 6. The Balaban J connectivity index is 1.32. The summed E-state index contributed by atoms with van der Waals surface area (Å²) in [5.74, 6) is 2.82. The minimum absolute atomic E-state index is 0.0856. The molecule has 2 heteroatoms. The van der Waals surface area contributed by atoms with E-state index in [0.29, 0.717) is 0 Å². The van der Waals surface area contributed by atoms with Gasteiger partial charge in [-0.25, -0.2) is 0 Å². The number of rotatable bonds is 6. The van der Waals surface area contributed by atoms with Crippen molar-refractivity contribution in [3.8, 4) is 12.3 Å². The van der Waals surface area contributed by atoms with Gasteiger partial charge in [-0.1, -0.05) is 86.7 Å². The summed E-state index contributed by atoms with van der Waals surface area (Å²) in [6.07, 6.45) is 18.5. The van der Waals surface area contributed by atoms with Crippen LogP contribution < -0.4 is 4.90 Å². The standard InChI is InChI=1S/C39H39N2/c1-7-8-16-27-41-33-26-24-29-18-13-15-20-31(29)37(33)39(4,5)35(41)22-11-9-10-21-34-38(2,3)36-30-19-14-12-17-28(30)23-25-32(36)40(34)6/h1,9-15,17-26H,8,16,27H2,2-6H3/q+1. The fraction of sp³-hybridized carbons (Fsp3) is 0.256. The lowest BCUT2D eigenvalue weighted by molar-refractivity contribution is -0.401. The molecular formula is C39H39N2+. The topological polar surface area (TPSA) is 6.25 Å². The predicted molar refractivity (Wildman–Crippen MR) is 177 cm³/mol. The van der Waals surface area contributed by atoms with Crippen molar-refractivity contribution >= 4 is 38.6 Å². The van der Waals surface area contributed by atoms with Crippen molar-refractivity contribution in [3.05, 3.63) is 120 Å². The lowest BCUT2D eigenvalue weighted by Gasteiger charge is -2.27. The van der Waals surface area contributed by atoms with Crippen LogP contribution in [0.1, 0.15) is 51.7 Å². The molecule has 4 aromatic rings. The van der Waals surface area contributed by atoms with E-state index in [9.17, 15) is 0 Å². The molecule has 0 bridgehead atoms. The number of anilines is 1. The van der Waals surface area contributed by atoms with E-state index < -0.39 is 0 Å². The van der Waals surface area contributed by atoms with Crippen LogP contribution in [-0.4, -0.2) is 23.9 Å². The molecule has 0 atom stereocenters. The Morgan fingerprint density at radius 2 is 1.44 bits per heavy atom. The monoisotopic (exact) mass is 535 g/mol. The van der Waals surface area contributed by atoms with E-state index in [1.807, 2.05) is 0 Å². The number of hydrogen-bond acceptors (Lipinski definition) is 1. The molecule has 0 aliphatic carbocycles. The van der Waals surface area contributed by atoms with Crippen molar-refractivity contribution in [3.63, 3.8) is 0 Å². The Morgan fingerprint density at radius 3 is 2.15 bits per heavy atom. The summed E-state index contributed by atoms with van der Waals surface area (Å²) in [4.78, 5) is 2.48. The van der Waals surface area contributed by atoms with Gasteiger partial charge in [0.05, 0.1) is 5.41 Å². The van der Waals surface area contributed by atoms with E-state index in [2.05, 4.69) is 153 Å². The first kappa shape index (κ1) is 26.9. The Kier molecular flexibility index (Phi) is 6.71. The maximum Gasteiger partial charge on any atom is 0.210 e. The van der Waals surface area contributed by atoms with Crippen LogP contribution in [0.4, 0.5) is 11.4 Å². The second kappa shape index (κ2) is 10.2. The van der Waals surface area contributed by atoms with Crippen LogP contribution in [0.3, 0.4) is 0 Å². The van der Waals surface area contributed by atoms with E-state index in [1.54, 1.807) is 0 Å². The summed E-state index contributed by atoms with van der Waals surface area (Å²) >= 11 is 0. The molecule has 2 nitrogen and oxygen atoms in total. The molecule has 6 rings (SSSR count). The summed E-state index contributed by atoms with van der Waals surface area (Å²) in [6, 6.07) is 26.5. The molecule has 41 heavy (non-hydrogen) atoms. The fourth-order valence-electron chi connectivity index (χ4n) is 7.17. The second-order valence-electron chi connectivity index (χ2n) is 12.3. The van der Waals surface area contributed by atoms with E-state index in [-0.39, 0.29) is 10.8 Å². The first-order valence-electron chi connectivity index (χ1n) is 14.7. The molecule has 0 unspecified atom stereocenters. The van der Waals surface area contributed by atoms with Gasteiger partial charge >= 0.3 is 0 Å². The maximum atomic E-state index is 5.61. The number of hydrogen-bond donors (Lipinski definition) is 0. The van der Waals surface area contributed by atoms with Crippen molar-refractivity contribution < 1.29 is 4.58 Å². The van der Waals surface area contributed by atoms with Crippen molar-refractivity contribution in [2.45, 2.75) is 51.4 Å². The van der Waals surface area contributed by atoms with Crippen molar-refractivity contribution in [1.29, 1.82) is 0 Å².